The Kier molecular flexibility index (Phi) is 4.51. The van der Waals surface area contributed by atoms with E-state index in [1.54, 1.807) is 7.11 Å². The first-order valence-corrected chi connectivity index (χ1v) is 7.41. The molecule has 0 radical (unpaired) electrons. The second-order valence-corrected chi connectivity index (χ2v) is 5.64. The van der Waals surface area contributed by atoms with E-state index < -0.39 is 0 Å². The van der Waals surface area contributed by atoms with Crippen LogP contribution in [0.1, 0.15) is 55.7 Å². The summed E-state index contributed by atoms with van der Waals surface area (Å²) in [4.78, 5) is 0. The molecule has 0 amide bonds. The Balaban J connectivity index is 2.16. The van der Waals surface area contributed by atoms with Gasteiger partial charge < -0.3 is 9.47 Å². The third kappa shape index (κ3) is 3.11. The highest BCUT2D eigenvalue weighted by Crippen LogP contribution is 2.38. The summed E-state index contributed by atoms with van der Waals surface area (Å²) in [6.07, 6.45) is 4.46. The van der Waals surface area contributed by atoms with Crippen molar-refractivity contribution in [3.63, 3.8) is 0 Å². The molecule has 106 valence electrons. The molecule has 1 aliphatic rings. The lowest BCUT2D eigenvalue weighted by Gasteiger charge is -2.19. The molecule has 3 atom stereocenters. The van der Waals surface area contributed by atoms with Gasteiger partial charge in [-0.25, -0.2) is 0 Å². The van der Waals surface area contributed by atoms with E-state index in [0.29, 0.717) is 18.1 Å². The molecule has 1 heterocycles. The van der Waals surface area contributed by atoms with Crippen molar-refractivity contribution in [1.29, 1.82) is 0 Å². The summed E-state index contributed by atoms with van der Waals surface area (Å²) in [6, 6.07) is 4.46. The Morgan fingerprint density at radius 2 is 1.89 bits per heavy atom. The van der Waals surface area contributed by atoms with Gasteiger partial charge in [-0.2, -0.15) is 0 Å². The molecular formula is C17H26O2. The van der Waals surface area contributed by atoms with Gasteiger partial charge in [0.25, 0.3) is 0 Å². The van der Waals surface area contributed by atoms with E-state index in [1.165, 1.54) is 23.1 Å². The van der Waals surface area contributed by atoms with Crippen molar-refractivity contribution in [2.24, 2.45) is 0 Å². The van der Waals surface area contributed by atoms with Crippen LogP contribution in [0, 0.1) is 13.8 Å². The minimum absolute atomic E-state index is 0.483. The standard InChI is InChI=1S/C17H26O2/c1-6-13(10-17-15(7-2)19-17)14-8-12(4)16(18-5)9-11(14)3/h8-9,13,15,17H,6-7,10H2,1-5H3. The monoisotopic (exact) mass is 262 g/mol. The second-order valence-electron chi connectivity index (χ2n) is 5.64. The lowest BCUT2D eigenvalue weighted by molar-refractivity contribution is 0.348. The Morgan fingerprint density at radius 3 is 2.42 bits per heavy atom. The molecule has 3 unspecified atom stereocenters. The summed E-state index contributed by atoms with van der Waals surface area (Å²) in [5.74, 6) is 1.59. The fourth-order valence-corrected chi connectivity index (χ4v) is 3.01. The topological polar surface area (TPSA) is 21.8 Å². The molecule has 0 spiro atoms. The van der Waals surface area contributed by atoms with E-state index in [2.05, 4.69) is 39.8 Å². The minimum Gasteiger partial charge on any atom is -0.496 e. The maximum absolute atomic E-state index is 5.71. The fourth-order valence-electron chi connectivity index (χ4n) is 3.01. The van der Waals surface area contributed by atoms with E-state index in [-0.39, 0.29) is 0 Å². The van der Waals surface area contributed by atoms with Gasteiger partial charge in [-0.05, 0) is 61.8 Å². The number of epoxide rings is 1. The van der Waals surface area contributed by atoms with Crippen LogP contribution >= 0.6 is 0 Å². The molecular weight excluding hydrogens is 236 g/mol. The van der Waals surface area contributed by atoms with Crippen LogP contribution < -0.4 is 4.74 Å². The normalized spacial score (nSPS) is 23.2. The molecule has 0 aromatic heterocycles. The van der Waals surface area contributed by atoms with Gasteiger partial charge in [0, 0.05) is 0 Å². The number of methoxy groups -OCH3 is 1. The predicted octanol–water partition coefficient (Wildman–Crippen LogP) is 4.37. The number of hydrogen-bond acceptors (Lipinski definition) is 2. The van der Waals surface area contributed by atoms with Crippen molar-refractivity contribution in [1.82, 2.24) is 0 Å². The zero-order chi connectivity index (χ0) is 14.0. The fraction of sp³-hybridized carbons (Fsp3) is 0.647. The summed E-state index contributed by atoms with van der Waals surface area (Å²) in [5, 5.41) is 0. The van der Waals surface area contributed by atoms with Gasteiger partial charge in [0.2, 0.25) is 0 Å². The maximum atomic E-state index is 5.71. The predicted molar refractivity (Wildman–Crippen MR) is 79.1 cm³/mol. The van der Waals surface area contributed by atoms with Crippen molar-refractivity contribution in [3.05, 3.63) is 28.8 Å². The Morgan fingerprint density at radius 1 is 1.16 bits per heavy atom. The van der Waals surface area contributed by atoms with Crippen LogP contribution in [0.2, 0.25) is 0 Å². The van der Waals surface area contributed by atoms with Crippen LogP contribution in [0.5, 0.6) is 5.75 Å². The van der Waals surface area contributed by atoms with Crippen LogP contribution in [0.4, 0.5) is 0 Å². The third-order valence-corrected chi connectivity index (χ3v) is 4.32. The summed E-state index contributed by atoms with van der Waals surface area (Å²) < 4.78 is 11.1. The molecule has 19 heavy (non-hydrogen) atoms. The van der Waals surface area contributed by atoms with E-state index in [4.69, 9.17) is 9.47 Å². The Bertz CT molecular complexity index is 439. The quantitative estimate of drug-likeness (QED) is 0.710. The summed E-state index contributed by atoms with van der Waals surface area (Å²) in [6.45, 7) is 8.78. The highest BCUT2D eigenvalue weighted by Gasteiger charge is 2.38. The van der Waals surface area contributed by atoms with Crippen molar-refractivity contribution >= 4 is 0 Å². The Labute approximate surface area is 117 Å². The molecule has 0 aliphatic carbocycles. The van der Waals surface area contributed by atoms with Crippen molar-refractivity contribution < 1.29 is 9.47 Å². The first-order chi connectivity index (χ1) is 9.10. The van der Waals surface area contributed by atoms with E-state index in [0.717, 1.165) is 18.6 Å². The van der Waals surface area contributed by atoms with Crippen LogP contribution in [0.3, 0.4) is 0 Å². The summed E-state index contributed by atoms with van der Waals surface area (Å²) in [7, 11) is 1.74. The smallest absolute Gasteiger partial charge is 0.122 e. The molecule has 1 saturated heterocycles. The molecule has 0 saturated carbocycles. The van der Waals surface area contributed by atoms with Gasteiger partial charge in [-0.15, -0.1) is 0 Å². The molecule has 2 rings (SSSR count). The zero-order valence-electron chi connectivity index (χ0n) is 12.8. The van der Waals surface area contributed by atoms with E-state index >= 15 is 0 Å². The molecule has 1 aromatic rings. The van der Waals surface area contributed by atoms with Crippen molar-refractivity contribution in [3.8, 4) is 5.75 Å². The molecule has 2 heteroatoms. The lowest BCUT2D eigenvalue weighted by Crippen LogP contribution is -2.06. The van der Waals surface area contributed by atoms with E-state index in [1.807, 2.05) is 0 Å². The SMILES string of the molecule is CCC(CC1OC1CC)c1cc(C)c(OC)cc1C. The summed E-state index contributed by atoms with van der Waals surface area (Å²) in [5.41, 5.74) is 4.03. The lowest BCUT2D eigenvalue weighted by atomic mass is 9.87. The molecule has 2 nitrogen and oxygen atoms in total. The van der Waals surface area contributed by atoms with Gasteiger partial charge >= 0.3 is 0 Å². The van der Waals surface area contributed by atoms with Crippen molar-refractivity contribution in [2.45, 2.75) is 65.1 Å². The molecule has 1 aromatic carbocycles. The summed E-state index contributed by atoms with van der Waals surface area (Å²) >= 11 is 0. The Hall–Kier alpha value is -1.02. The first kappa shape index (κ1) is 14.4. The van der Waals surface area contributed by atoms with Crippen molar-refractivity contribution in [2.75, 3.05) is 7.11 Å². The number of benzene rings is 1. The van der Waals surface area contributed by atoms with Gasteiger partial charge in [-0.3, -0.25) is 0 Å². The number of aryl methyl sites for hydroxylation is 2. The first-order valence-electron chi connectivity index (χ1n) is 7.41. The van der Waals surface area contributed by atoms with Gasteiger partial charge in [0.15, 0.2) is 0 Å². The number of ether oxygens (including phenoxy) is 2. The highest BCUT2D eigenvalue weighted by atomic mass is 16.6. The van der Waals surface area contributed by atoms with Crippen LogP contribution in [0.25, 0.3) is 0 Å². The molecule has 1 fully saturated rings. The van der Waals surface area contributed by atoms with Gasteiger partial charge in [0.1, 0.15) is 5.75 Å². The van der Waals surface area contributed by atoms with Gasteiger partial charge in [0.05, 0.1) is 19.3 Å². The average Bonchev–Trinajstić information content (AvgIpc) is 3.16. The molecule has 0 bridgehead atoms. The van der Waals surface area contributed by atoms with Crippen LogP contribution in [-0.4, -0.2) is 19.3 Å². The average molecular weight is 262 g/mol. The largest absolute Gasteiger partial charge is 0.496 e. The number of rotatable bonds is 6. The van der Waals surface area contributed by atoms with Crippen LogP contribution in [-0.2, 0) is 4.74 Å². The minimum atomic E-state index is 0.483. The second kappa shape index (κ2) is 5.96. The van der Waals surface area contributed by atoms with E-state index in [9.17, 15) is 0 Å². The molecule has 0 N–H and O–H groups in total. The molecule has 1 aliphatic heterocycles. The highest BCUT2D eigenvalue weighted by molar-refractivity contribution is 5.43. The third-order valence-electron chi connectivity index (χ3n) is 4.32. The van der Waals surface area contributed by atoms with Crippen LogP contribution in [0.15, 0.2) is 12.1 Å². The number of hydrogen-bond donors (Lipinski definition) is 0. The zero-order valence-corrected chi connectivity index (χ0v) is 12.8. The van der Waals surface area contributed by atoms with Gasteiger partial charge in [-0.1, -0.05) is 19.9 Å². The maximum Gasteiger partial charge on any atom is 0.122 e.